The maximum atomic E-state index is 13.9. The highest BCUT2D eigenvalue weighted by molar-refractivity contribution is 7.92. The average Bonchev–Trinajstić information content (AvgIpc) is 2.88. The van der Waals surface area contributed by atoms with Gasteiger partial charge in [0, 0.05) is 22.6 Å². The molecule has 1 N–H and O–H groups in total. The molecule has 1 atom stereocenters. The first-order valence-corrected chi connectivity index (χ1v) is 14.7. The molecule has 3 aromatic rings. The molecule has 0 unspecified atom stereocenters. The number of amides is 2. The van der Waals surface area contributed by atoms with E-state index in [4.69, 9.17) is 23.2 Å². The third kappa shape index (κ3) is 7.75. The van der Waals surface area contributed by atoms with Crippen LogP contribution in [-0.2, 0) is 26.2 Å². The third-order valence-corrected chi connectivity index (χ3v) is 8.62. The van der Waals surface area contributed by atoms with Crippen LogP contribution in [0.5, 0.6) is 0 Å². The minimum absolute atomic E-state index is 0.00669. The molecule has 10 heteroatoms. The summed E-state index contributed by atoms with van der Waals surface area (Å²) in [5.41, 5.74) is 2.94. The Morgan fingerprint density at radius 2 is 1.41 bits per heavy atom. The van der Waals surface area contributed by atoms with Crippen LogP contribution in [-0.4, -0.2) is 43.8 Å². The third-order valence-electron chi connectivity index (χ3n) is 6.32. The van der Waals surface area contributed by atoms with E-state index in [2.05, 4.69) is 5.32 Å². The second kappa shape index (κ2) is 12.9. The van der Waals surface area contributed by atoms with Crippen LogP contribution in [0.25, 0.3) is 0 Å². The van der Waals surface area contributed by atoms with Gasteiger partial charge in [-0.05, 0) is 99.8 Å². The number of nitrogens with zero attached hydrogens (tertiary/aromatic N) is 2. The van der Waals surface area contributed by atoms with Crippen molar-refractivity contribution < 1.29 is 18.0 Å². The molecular formula is C29H33Cl2N3O4S. The molecule has 0 aliphatic heterocycles. The van der Waals surface area contributed by atoms with E-state index < -0.39 is 28.5 Å². The standard InChI is InChI=1S/C29H33Cl2N3O4S/c1-19(2)32-29(36)22(5)33(17-23-7-9-24(30)10-8-23)28(35)18-34(26-13-6-20(3)21(4)16-26)39(37,38)27-14-11-25(31)12-15-27/h6-16,19,22H,17-18H2,1-5H3,(H,32,36)/t22-/m1/s1. The Balaban J connectivity index is 2.05. The second-order valence-corrected chi connectivity index (χ2v) is 12.5. The number of sulfonamides is 1. The first-order valence-electron chi connectivity index (χ1n) is 12.5. The van der Waals surface area contributed by atoms with E-state index in [1.807, 2.05) is 33.8 Å². The summed E-state index contributed by atoms with van der Waals surface area (Å²) in [4.78, 5) is 28.2. The molecule has 0 heterocycles. The number of carbonyl (C=O) groups is 2. The van der Waals surface area contributed by atoms with Crippen molar-refractivity contribution >= 4 is 50.7 Å². The van der Waals surface area contributed by atoms with Crippen LogP contribution < -0.4 is 9.62 Å². The molecule has 0 fully saturated rings. The lowest BCUT2D eigenvalue weighted by atomic mass is 10.1. The molecule has 7 nitrogen and oxygen atoms in total. The van der Waals surface area contributed by atoms with E-state index in [1.165, 1.54) is 29.2 Å². The maximum Gasteiger partial charge on any atom is 0.264 e. The van der Waals surface area contributed by atoms with Crippen molar-refractivity contribution in [2.75, 3.05) is 10.8 Å². The first kappa shape index (κ1) is 30.5. The van der Waals surface area contributed by atoms with Crippen molar-refractivity contribution in [1.82, 2.24) is 10.2 Å². The maximum absolute atomic E-state index is 13.9. The van der Waals surface area contributed by atoms with Crippen molar-refractivity contribution in [2.45, 2.75) is 58.1 Å². The van der Waals surface area contributed by atoms with Crippen LogP contribution in [0.15, 0.2) is 71.6 Å². The van der Waals surface area contributed by atoms with Gasteiger partial charge in [0.1, 0.15) is 12.6 Å². The van der Waals surface area contributed by atoms with Gasteiger partial charge in [-0.15, -0.1) is 0 Å². The molecule has 39 heavy (non-hydrogen) atoms. The predicted octanol–water partition coefficient (Wildman–Crippen LogP) is 5.75. The van der Waals surface area contributed by atoms with Crippen molar-refractivity contribution in [3.05, 3.63) is 93.5 Å². The number of benzene rings is 3. The van der Waals surface area contributed by atoms with E-state index in [9.17, 15) is 18.0 Å². The number of aryl methyl sites for hydroxylation is 2. The molecule has 0 saturated carbocycles. The van der Waals surface area contributed by atoms with Crippen LogP contribution in [0.1, 0.15) is 37.5 Å². The fourth-order valence-electron chi connectivity index (χ4n) is 3.92. The molecule has 0 aliphatic rings. The monoisotopic (exact) mass is 589 g/mol. The lowest BCUT2D eigenvalue weighted by molar-refractivity contribution is -0.139. The SMILES string of the molecule is Cc1ccc(N(CC(=O)N(Cc2ccc(Cl)cc2)[C@H](C)C(=O)NC(C)C)S(=O)(=O)c2ccc(Cl)cc2)cc1C. The van der Waals surface area contributed by atoms with Gasteiger partial charge < -0.3 is 10.2 Å². The highest BCUT2D eigenvalue weighted by atomic mass is 35.5. The molecule has 0 aromatic heterocycles. The van der Waals surface area contributed by atoms with Gasteiger partial charge in [0.2, 0.25) is 11.8 Å². The van der Waals surface area contributed by atoms with E-state index in [0.717, 1.165) is 21.0 Å². The van der Waals surface area contributed by atoms with Gasteiger partial charge in [0.25, 0.3) is 10.0 Å². The van der Waals surface area contributed by atoms with Crippen LogP contribution in [0, 0.1) is 13.8 Å². The summed E-state index contributed by atoms with van der Waals surface area (Å²) in [6, 6.07) is 16.9. The molecule has 0 aliphatic carbocycles. The van der Waals surface area contributed by atoms with E-state index in [0.29, 0.717) is 15.7 Å². The number of hydrogen-bond acceptors (Lipinski definition) is 4. The van der Waals surface area contributed by atoms with Gasteiger partial charge in [-0.25, -0.2) is 8.42 Å². The van der Waals surface area contributed by atoms with E-state index in [1.54, 1.807) is 43.3 Å². The largest absolute Gasteiger partial charge is 0.352 e. The number of anilines is 1. The Morgan fingerprint density at radius 1 is 0.846 bits per heavy atom. The van der Waals surface area contributed by atoms with Gasteiger partial charge in [0.05, 0.1) is 10.6 Å². The summed E-state index contributed by atoms with van der Waals surface area (Å²) >= 11 is 12.0. The molecule has 0 radical (unpaired) electrons. The molecule has 3 rings (SSSR count). The minimum atomic E-state index is -4.16. The molecule has 3 aromatic carbocycles. The Kier molecular flexibility index (Phi) is 10.0. The Labute approximate surface area is 240 Å². The zero-order valence-electron chi connectivity index (χ0n) is 22.6. The summed E-state index contributed by atoms with van der Waals surface area (Å²) in [5.74, 6) is -0.877. The first-order chi connectivity index (χ1) is 18.3. The van der Waals surface area contributed by atoms with Gasteiger partial charge in [-0.2, -0.15) is 0 Å². The summed E-state index contributed by atoms with van der Waals surface area (Å²) in [7, 11) is -4.16. The summed E-state index contributed by atoms with van der Waals surface area (Å²) in [5, 5.41) is 3.76. The highest BCUT2D eigenvalue weighted by Gasteiger charge is 2.32. The molecule has 0 bridgehead atoms. The van der Waals surface area contributed by atoms with Crippen molar-refractivity contribution in [1.29, 1.82) is 0 Å². The lowest BCUT2D eigenvalue weighted by Crippen LogP contribution is -2.52. The van der Waals surface area contributed by atoms with Crippen LogP contribution in [0.3, 0.4) is 0 Å². The predicted molar refractivity (Wildman–Crippen MR) is 157 cm³/mol. The fourth-order valence-corrected chi connectivity index (χ4v) is 5.58. The smallest absolute Gasteiger partial charge is 0.264 e. The minimum Gasteiger partial charge on any atom is -0.352 e. The van der Waals surface area contributed by atoms with Gasteiger partial charge in [-0.1, -0.05) is 41.4 Å². The van der Waals surface area contributed by atoms with Crippen LogP contribution in [0.4, 0.5) is 5.69 Å². The van der Waals surface area contributed by atoms with Crippen molar-refractivity contribution in [2.24, 2.45) is 0 Å². The molecule has 2 amide bonds. The number of nitrogens with one attached hydrogen (secondary N) is 1. The molecular weight excluding hydrogens is 557 g/mol. The summed E-state index contributed by atoms with van der Waals surface area (Å²) in [6.45, 7) is 8.65. The summed E-state index contributed by atoms with van der Waals surface area (Å²) < 4.78 is 28.8. The zero-order chi connectivity index (χ0) is 28.9. The quantitative estimate of drug-likeness (QED) is 0.326. The van der Waals surface area contributed by atoms with Gasteiger partial charge in [0.15, 0.2) is 0 Å². The molecule has 208 valence electrons. The second-order valence-electron chi connectivity index (χ2n) is 9.72. The number of halogens is 2. The Hall–Kier alpha value is -3.07. The Morgan fingerprint density at radius 3 is 1.95 bits per heavy atom. The Bertz CT molecular complexity index is 1430. The summed E-state index contributed by atoms with van der Waals surface area (Å²) in [6.07, 6.45) is 0. The van der Waals surface area contributed by atoms with Crippen LogP contribution in [0.2, 0.25) is 10.0 Å². The van der Waals surface area contributed by atoms with Gasteiger partial charge >= 0.3 is 0 Å². The lowest BCUT2D eigenvalue weighted by Gasteiger charge is -2.32. The zero-order valence-corrected chi connectivity index (χ0v) is 24.9. The molecule has 0 spiro atoms. The topological polar surface area (TPSA) is 86.8 Å². The number of carbonyl (C=O) groups excluding carboxylic acids is 2. The van der Waals surface area contributed by atoms with E-state index in [-0.39, 0.29) is 23.4 Å². The normalized spacial score (nSPS) is 12.2. The molecule has 0 saturated heterocycles. The number of rotatable bonds is 10. The van der Waals surface area contributed by atoms with Crippen LogP contribution >= 0.6 is 23.2 Å². The fraction of sp³-hybridized carbons (Fsp3) is 0.310. The number of hydrogen-bond donors (Lipinski definition) is 1. The van der Waals surface area contributed by atoms with Crippen molar-refractivity contribution in [3.63, 3.8) is 0 Å². The van der Waals surface area contributed by atoms with Gasteiger partial charge in [-0.3, -0.25) is 13.9 Å². The highest BCUT2D eigenvalue weighted by Crippen LogP contribution is 2.27. The van der Waals surface area contributed by atoms with Crippen molar-refractivity contribution in [3.8, 4) is 0 Å². The average molecular weight is 591 g/mol. The van der Waals surface area contributed by atoms with E-state index >= 15 is 0 Å².